The van der Waals surface area contributed by atoms with Gasteiger partial charge in [-0.1, -0.05) is 26.0 Å². The molecule has 0 aliphatic heterocycles. The molecule has 0 aromatic heterocycles. The number of phenolic OH excluding ortho intramolecular Hbond substituents is 1. The molecule has 55 heavy (non-hydrogen) atoms. The first-order valence-electron chi connectivity index (χ1n) is 17.5. The van der Waals surface area contributed by atoms with Crippen molar-refractivity contribution in [2.75, 3.05) is 6.54 Å². The normalized spacial score (nSPS) is 14.2. The zero-order valence-corrected chi connectivity index (χ0v) is 30.7. The number of rotatable bonds is 26. The predicted molar refractivity (Wildman–Crippen MR) is 194 cm³/mol. The zero-order valence-electron chi connectivity index (χ0n) is 30.7. The van der Waals surface area contributed by atoms with E-state index >= 15 is 0 Å². The van der Waals surface area contributed by atoms with Crippen LogP contribution >= 0.6 is 0 Å². The molecule has 7 amide bonds. The van der Waals surface area contributed by atoms with Gasteiger partial charge in [-0.2, -0.15) is 0 Å². The number of unbranched alkanes of at least 4 members (excludes halogenated alkanes) is 1. The van der Waals surface area contributed by atoms with Crippen LogP contribution in [-0.4, -0.2) is 111 Å². The monoisotopic (exact) mass is 779 g/mol. The van der Waals surface area contributed by atoms with E-state index in [1.54, 1.807) is 0 Å². The summed E-state index contributed by atoms with van der Waals surface area (Å²) in [4.78, 5) is 113. The van der Waals surface area contributed by atoms with Crippen LogP contribution in [0.3, 0.4) is 0 Å². The highest BCUT2D eigenvalue weighted by Crippen LogP contribution is 2.13. The van der Waals surface area contributed by atoms with Crippen molar-refractivity contribution >= 4 is 53.3 Å². The highest BCUT2D eigenvalue weighted by molar-refractivity contribution is 5.98. The molecule has 0 saturated heterocycles. The Morgan fingerprint density at radius 1 is 0.636 bits per heavy atom. The molecule has 0 saturated carbocycles. The third-order valence-electron chi connectivity index (χ3n) is 7.99. The average Bonchev–Trinajstić information content (AvgIpc) is 3.08. The third-order valence-corrected chi connectivity index (χ3v) is 7.99. The van der Waals surface area contributed by atoms with Gasteiger partial charge in [0.15, 0.2) is 0 Å². The smallest absolute Gasteiger partial charge is 0.326 e. The molecule has 0 aliphatic rings. The first-order chi connectivity index (χ1) is 25.7. The zero-order chi connectivity index (χ0) is 41.8. The number of hydrogen-bond acceptors (Lipinski definition) is 12. The molecule has 0 radical (unpaired) electrons. The number of nitrogens with two attached hydrogens (primary N) is 4. The van der Waals surface area contributed by atoms with Crippen LogP contribution in [0.5, 0.6) is 5.75 Å². The fourth-order valence-corrected chi connectivity index (χ4v) is 5.17. The number of carbonyl (C=O) groups excluding carboxylic acids is 7. The predicted octanol–water partition coefficient (Wildman–Crippen LogP) is -3.44. The van der Waals surface area contributed by atoms with Gasteiger partial charge in [-0.25, -0.2) is 4.79 Å². The second-order valence-corrected chi connectivity index (χ2v) is 13.3. The lowest BCUT2D eigenvalue weighted by atomic mass is 10.0. The summed E-state index contributed by atoms with van der Waals surface area (Å²) in [6.07, 6.45) is -1.96. The summed E-state index contributed by atoms with van der Waals surface area (Å²) < 4.78 is 0. The Morgan fingerprint density at radius 2 is 1.09 bits per heavy atom. The minimum absolute atomic E-state index is 0.00139. The van der Waals surface area contributed by atoms with Crippen LogP contribution in [0.15, 0.2) is 24.3 Å². The summed E-state index contributed by atoms with van der Waals surface area (Å²) in [6.45, 7) is 3.84. The summed E-state index contributed by atoms with van der Waals surface area (Å²) in [5.41, 5.74) is 22.4. The van der Waals surface area contributed by atoms with E-state index in [1.165, 1.54) is 24.3 Å². The van der Waals surface area contributed by atoms with Crippen LogP contribution in [0, 0.1) is 5.92 Å². The molecule has 1 rings (SSSR count). The molecule has 306 valence electrons. The number of primary amides is 2. The largest absolute Gasteiger partial charge is 0.508 e. The summed E-state index contributed by atoms with van der Waals surface area (Å²) in [7, 11) is 0. The van der Waals surface area contributed by atoms with Crippen molar-refractivity contribution in [1.82, 2.24) is 26.6 Å². The summed E-state index contributed by atoms with van der Waals surface area (Å²) in [6, 6.07) is -3.55. The lowest BCUT2D eigenvalue weighted by molar-refractivity contribution is -0.143. The summed E-state index contributed by atoms with van der Waals surface area (Å²) in [5, 5.41) is 40.1. The van der Waals surface area contributed by atoms with Gasteiger partial charge in [0.05, 0.1) is 18.9 Å². The lowest BCUT2D eigenvalue weighted by Gasteiger charge is -2.27. The van der Waals surface area contributed by atoms with Gasteiger partial charge in [0, 0.05) is 12.8 Å². The maximum Gasteiger partial charge on any atom is 0.326 e. The molecule has 21 heteroatoms. The van der Waals surface area contributed by atoms with Crippen LogP contribution < -0.4 is 49.5 Å². The van der Waals surface area contributed by atoms with Crippen molar-refractivity contribution in [3.8, 4) is 5.75 Å². The van der Waals surface area contributed by atoms with E-state index in [0.717, 1.165) is 0 Å². The van der Waals surface area contributed by atoms with Crippen LogP contribution in [0.1, 0.15) is 70.8 Å². The quantitative estimate of drug-likeness (QED) is 0.0407. The first kappa shape index (κ1) is 47.2. The number of nitrogens with one attached hydrogen (secondary N) is 5. The fraction of sp³-hybridized carbons (Fsp3) is 0.559. The lowest BCUT2D eigenvalue weighted by Crippen LogP contribution is -2.60. The Morgan fingerprint density at radius 3 is 1.60 bits per heavy atom. The number of carboxylic acids is 2. The number of hydrogen-bond donors (Lipinski definition) is 12. The molecule has 6 atom stereocenters. The number of aromatic hydroxyl groups is 1. The van der Waals surface area contributed by atoms with Crippen LogP contribution in [0.25, 0.3) is 0 Å². The van der Waals surface area contributed by atoms with Crippen molar-refractivity contribution in [2.45, 2.75) is 108 Å². The standard InChI is InChI=1S/C34H53N9O12/c1-17(2)13-20(36)29(49)39-22(10-11-28(47)48)31(51)42-24(15-26(37)45)33(53)41-23(14-18-6-8-19(44)9-7-18)32(52)40-21(5-3-4-12-35)30(50)43-25(34(54)55)16-27(38)46/h6-9,17,20-25,44H,3-5,10-16,35-36H2,1-2H3,(H2,37,45)(H2,38,46)(H,39,49)(H,40,52)(H,41,53)(H,42,51)(H,43,50)(H,47,48)(H,54,55). The molecule has 1 aromatic carbocycles. The van der Waals surface area contributed by atoms with Gasteiger partial charge in [0.2, 0.25) is 41.4 Å². The topological polar surface area (TPSA) is 379 Å². The minimum Gasteiger partial charge on any atom is -0.508 e. The SMILES string of the molecule is CC(C)CC(N)C(=O)NC(CCC(=O)O)C(=O)NC(CC(N)=O)C(=O)NC(Cc1ccc(O)cc1)C(=O)NC(CCCCN)C(=O)NC(CC(N)=O)C(=O)O. The van der Waals surface area contributed by atoms with Crippen molar-refractivity contribution < 1.29 is 58.5 Å². The van der Waals surface area contributed by atoms with Crippen LogP contribution in [-0.2, 0) is 49.6 Å². The number of amides is 7. The first-order valence-corrected chi connectivity index (χ1v) is 17.5. The average molecular weight is 780 g/mol. The van der Waals surface area contributed by atoms with Gasteiger partial charge in [0.25, 0.3) is 0 Å². The molecular formula is C34H53N9O12. The Labute approximate surface area is 317 Å². The number of benzene rings is 1. The van der Waals surface area contributed by atoms with Crippen molar-refractivity contribution in [2.24, 2.45) is 28.9 Å². The van der Waals surface area contributed by atoms with Crippen LogP contribution in [0.4, 0.5) is 0 Å². The highest BCUT2D eigenvalue weighted by atomic mass is 16.4. The fourth-order valence-electron chi connectivity index (χ4n) is 5.17. The van der Waals surface area contributed by atoms with Crippen molar-refractivity contribution in [1.29, 1.82) is 0 Å². The molecule has 0 aliphatic carbocycles. The highest BCUT2D eigenvalue weighted by Gasteiger charge is 2.34. The van der Waals surface area contributed by atoms with E-state index in [4.69, 9.17) is 22.9 Å². The number of phenols is 1. The summed E-state index contributed by atoms with van der Waals surface area (Å²) in [5.74, 6) is -9.99. The molecule has 1 aromatic rings. The maximum absolute atomic E-state index is 13.8. The van der Waals surface area contributed by atoms with E-state index in [9.17, 15) is 58.5 Å². The van der Waals surface area contributed by atoms with Crippen molar-refractivity contribution in [3.05, 3.63) is 29.8 Å². The van der Waals surface area contributed by atoms with Gasteiger partial charge in [-0.05, 0) is 62.3 Å². The minimum atomic E-state index is -1.76. The summed E-state index contributed by atoms with van der Waals surface area (Å²) >= 11 is 0. The molecule has 21 nitrogen and oxygen atoms in total. The third kappa shape index (κ3) is 18.7. The number of aliphatic carboxylic acids is 2. The number of carboxylic acid groups (broad SMARTS) is 2. The van der Waals surface area contributed by atoms with Crippen molar-refractivity contribution in [3.63, 3.8) is 0 Å². The number of carbonyl (C=O) groups is 9. The Bertz CT molecular complexity index is 1520. The van der Waals surface area contributed by atoms with Gasteiger partial charge < -0.3 is 64.8 Å². The van der Waals surface area contributed by atoms with E-state index in [1.807, 2.05) is 13.8 Å². The van der Waals surface area contributed by atoms with E-state index in [0.29, 0.717) is 12.0 Å². The second kappa shape index (κ2) is 23.8. The van der Waals surface area contributed by atoms with E-state index in [-0.39, 0.29) is 43.9 Å². The second-order valence-electron chi connectivity index (χ2n) is 13.3. The Balaban J connectivity index is 3.46. The van der Waals surface area contributed by atoms with Gasteiger partial charge >= 0.3 is 11.9 Å². The molecular weight excluding hydrogens is 726 g/mol. The molecule has 0 spiro atoms. The van der Waals surface area contributed by atoms with Gasteiger partial charge in [-0.3, -0.25) is 38.4 Å². The van der Waals surface area contributed by atoms with Gasteiger partial charge in [0.1, 0.15) is 36.0 Å². The molecule has 0 heterocycles. The van der Waals surface area contributed by atoms with E-state index < -0.39 is 115 Å². The Hall–Kier alpha value is -5.83. The molecule has 0 bridgehead atoms. The Kier molecular flexibility index (Phi) is 20.4. The van der Waals surface area contributed by atoms with Crippen LogP contribution in [0.2, 0.25) is 0 Å². The molecule has 0 fully saturated rings. The van der Waals surface area contributed by atoms with Gasteiger partial charge in [-0.15, -0.1) is 0 Å². The molecule has 6 unspecified atom stereocenters. The maximum atomic E-state index is 13.8. The van der Waals surface area contributed by atoms with E-state index in [2.05, 4.69) is 26.6 Å². The molecule has 16 N–H and O–H groups in total.